The third-order valence-electron chi connectivity index (χ3n) is 10.7. The van der Waals surface area contributed by atoms with Crippen molar-refractivity contribution in [2.24, 2.45) is 0 Å². The predicted molar refractivity (Wildman–Crippen MR) is 301 cm³/mol. The largest absolute Gasteiger partial charge is 0.501 e. The second-order valence-corrected chi connectivity index (χ2v) is 33.1. The molecule has 0 N–H and O–H groups in total. The van der Waals surface area contributed by atoms with Gasteiger partial charge in [-0.05, 0) is 98.8 Å². The molecule has 1 saturated heterocycles. The number of rotatable bonds is 40. The minimum Gasteiger partial charge on any atom is -0.462 e. The van der Waals surface area contributed by atoms with E-state index in [9.17, 15) is 14.4 Å². The lowest BCUT2D eigenvalue weighted by Crippen LogP contribution is -2.46. The molecule has 0 aromatic carbocycles. The van der Waals surface area contributed by atoms with Gasteiger partial charge < -0.3 is 81.2 Å². The first-order chi connectivity index (χ1) is 35.4. The Hall–Kier alpha value is -1.60. The average molecular weight is 1190 g/mol. The van der Waals surface area contributed by atoms with E-state index >= 15 is 0 Å². The predicted octanol–water partition coefficient (Wildman–Crippen LogP) is 8.43. The van der Waals surface area contributed by atoms with Crippen molar-refractivity contribution in [1.29, 1.82) is 0 Å². The molecule has 0 bridgehead atoms. The second-order valence-electron chi connectivity index (χ2n) is 16.6. The van der Waals surface area contributed by atoms with Crippen LogP contribution in [0.15, 0.2) is 36.5 Å². The highest BCUT2D eigenvalue weighted by Gasteiger charge is 2.40. The maximum atomic E-state index is 11.2. The SMILES string of the molecule is C=C(C)C(=O)OCCC[Si](C)(OC)OC.C=C(C)C(=O)OCCC[Si](OC)(OC)OC.C=C(C)C(=O)OCCC[Si](OCC)(OCC)OCC.CO[Si](C)(CCCOCC1CO1)OC.CO[Si](CCCCl)(OC)OC. The molecule has 0 aromatic rings. The van der Waals surface area contributed by atoms with E-state index in [0.717, 1.165) is 57.2 Å². The topological polar surface area (TPSA) is 221 Å². The number of alkyl halides is 1. The maximum Gasteiger partial charge on any atom is 0.501 e. The van der Waals surface area contributed by atoms with E-state index in [-0.39, 0.29) is 17.9 Å². The molecule has 1 rings (SSSR count). The Labute approximate surface area is 462 Å². The molecular formula is C48H101ClO21Si5. The summed E-state index contributed by atoms with van der Waals surface area (Å²) in [7, 11) is 4.87. The van der Waals surface area contributed by atoms with Crippen molar-refractivity contribution in [2.45, 2.75) is 123 Å². The Balaban J connectivity index is -0.000000424. The quantitative estimate of drug-likeness (QED) is 0.0107. The molecule has 0 saturated carbocycles. The number of esters is 3. The fraction of sp³-hybridized carbons (Fsp3) is 0.812. The molecule has 1 aliphatic heterocycles. The molecule has 0 radical (unpaired) electrons. The van der Waals surface area contributed by atoms with Crippen LogP contribution in [0, 0.1) is 0 Å². The molecule has 75 heavy (non-hydrogen) atoms. The van der Waals surface area contributed by atoms with Crippen molar-refractivity contribution in [2.75, 3.05) is 136 Å². The summed E-state index contributed by atoms with van der Waals surface area (Å²) in [5, 5.41) is 0. The molecule has 446 valence electrons. The molecule has 1 fully saturated rings. The summed E-state index contributed by atoms with van der Waals surface area (Å²) >= 11 is 5.53. The van der Waals surface area contributed by atoms with Crippen molar-refractivity contribution in [3.05, 3.63) is 36.5 Å². The van der Waals surface area contributed by atoms with E-state index in [2.05, 4.69) is 26.3 Å². The van der Waals surface area contributed by atoms with Gasteiger partial charge in [-0.15, -0.1) is 11.6 Å². The van der Waals surface area contributed by atoms with Gasteiger partial charge in [0.1, 0.15) is 6.10 Å². The summed E-state index contributed by atoms with van der Waals surface area (Å²) < 4.78 is 95.1. The Kier molecular flexibility index (Phi) is 51.5. The van der Waals surface area contributed by atoms with E-state index in [1.165, 1.54) is 0 Å². The van der Waals surface area contributed by atoms with Crippen LogP contribution < -0.4 is 0 Å². The Morgan fingerprint density at radius 2 is 0.747 bits per heavy atom. The Morgan fingerprint density at radius 1 is 0.467 bits per heavy atom. The smallest absolute Gasteiger partial charge is 0.462 e. The van der Waals surface area contributed by atoms with Gasteiger partial charge in [0.25, 0.3) is 0 Å². The van der Waals surface area contributed by atoms with Crippen molar-refractivity contribution in [3.8, 4) is 0 Å². The number of ether oxygens (including phenoxy) is 5. The molecular weight excluding hydrogens is 1090 g/mol. The van der Waals surface area contributed by atoms with Crippen LogP contribution in [-0.2, 0) is 95.6 Å². The van der Waals surface area contributed by atoms with Gasteiger partial charge in [0.05, 0.1) is 33.0 Å². The third-order valence-corrected chi connectivity index (χ3v) is 25.8. The number of carbonyl (C=O) groups is 3. The number of carbonyl (C=O) groups excluding carboxylic acids is 3. The van der Waals surface area contributed by atoms with Crippen LogP contribution in [0.2, 0.25) is 43.3 Å². The van der Waals surface area contributed by atoms with Crippen LogP contribution in [0.4, 0.5) is 0 Å². The zero-order chi connectivity index (χ0) is 58.4. The van der Waals surface area contributed by atoms with E-state index in [0.29, 0.717) is 93.3 Å². The van der Waals surface area contributed by atoms with Crippen molar-refractivity contribution < 1.29 is 95.6 Å². The molecule has 0 aliphatic carbocycles. The van der Waals surface area contributed by atoms with Gasteiger partial charge in [-0.25, -0.2) is 14.4 Å². The first-order valence-corrected chi connectivity index (χ1v) is 36.5. The van der Waals surface area contributed by atoms with E-state index in [1.807, 2.05) is 27.3 Å². The zero-order valence-electron chi connectivity index (χ0n) is 49.3. The van der Waals surface area contributed by atoms with Crippen molar-refractivity contribution in [1.82, 2.24) is 0 Å². The number of hydrogen-bond donors (Lipinski definition) is 0. The van der Waals surface area contributed by atoms with E-state index in [4.69, 9.17) is 92.8 Å². The fourth-order valence-electron chi connectivity index (χ4n) is 5.68. The third kappa shape index (κ3) is 41.1. The van der Waals surface area contributed by atoms with Crippen LogP contribution in [0.5, 0.6) is 0 Å². The van der Waals surface area contributed by atoms with Crippen LogP contribution in [0.3, 0.4) is 0 Å². The van der Waals surface area contributed by atoms with Gasteiger partial charge in [0.15, 0.2) is 0 Å². The number of halogens is 1. The summed E-state index contributed by atoms with van der Waals surface area (Å²) in [6.45, 7) is 30.3. The minimum absolute atomic E-state index is 0.316. The Morgan fingerprint density at radius 3 is 1.00 bits per heavy atom. The highest BCUT2D eigenvalue weighted by Crippen LogP contribution is 2.20. The van der Waals surface area contributed by atoms with Crippen LogP contribution in [-0.4, -0.2) is 204 Å². The van der Waals surface area contributed by atoms with Gasteiger partial charge in [0, 0.05) is 138 Å². The number of hydrogen-bond acceptors (Lipinski definition) is 21. The lowest BCUT2D eigenvalue weighted by Gasteiger charge is -2.28. The maximum absolute atomic E-state index is 11.2. The summed E-state index contributed by atoms with van der Waals surface area (Å²) in [6.07, 6.45) is 4.28. The van der Waals surface area contributed by atoms with Gasteiger partial charge in [0.2, 0.25) is 0 Å². The van der Waals surface area contributed by atoms with Gasteiger partial charge in [-0.3, -0.25) is 0 Å². The standard InChI is InChI=1S/C13H26O5Si.C10H20O5Si.C10H20O4Si.C9H20O4Si.C6H15ClO3Si/c1-6-16-19(17-7-2,18-8-3)11-9-10-15-13(14)12(4)5;1-9(2)10(11)15-7-6-8-16(12-3,13-4)14-5;1-9(2)10(11)14-7-6-8-15(5,12-3)13-4;1-10-14(3,11-2)6-4-5-12-7-9-8-13-9;1-8-11(9-2,10-3)6-4-5-7/h4,6-11H2,1-3,5H3;1,6-8H2,2-5H3;1,6-8H2,2-5H3;9H,4-8H2,1-3H3;4-6H2,1-3H3. The molecule has 1 aliphatic rings. The monoisotopic (exact) mass is 1190 g/mol. The zero-order valence-corrected chi connectivity index (χ0v) is 55.0. The highest BCUT2D eigenvalue weighted by atomic mass is 35.5. The molecule has 27 heteroatoms. The highest BCUT2D eigenvalue weighted by molar-refractivity contribution is 6.66. The molecule has 1 heterocycles. The van der Waals surface area contributed by atoms with Crippen LogP contribution in [0.25, 0.3) is 0 Å². The molecule has 0 spiro atoms. The van der Waals surface area contributed by atoms with Gasteiger partial charge in [-0.1, -0.05) is 19.7 Å². The van der Waals surface area contributed by atoms with Crippen LogP contribution in [0.1, 0.15) is 73.6 Å². The fourth-order valence-corrected chi connectivity index (χ4v) is 14.8. The van der Waals surface area contributed by atoms with E-state index < -0.39 is 43.5 Å². The molecule has 0 amide bonds. The van der Waals surface area contributed by atoms with Gasteiger partial charge in [-0.2, -0.15) is 0 Å². The summed E-state index contributed by atoms with van der Waals surface area (Å²) in [6, 6.07) is 3.82. The molecule has 0 aromatic heterocycles. The summed E-state index contributed by atoms with van der Waals surface area (Å²) in [4.78, 5) is 33.3. The van der Waals surface area contributed by atoms with Crippen LogP contribution >= 0.6 is 11.6 Å². The molecule has 1 atom stereocenters. The first kappa shape index (κ1) is 79.9. The lowest BCUT2D eigenvalue weighted by molar-refractivity contribution is -0.139. The number of epoxide rings is 1. The Bertz CT molecular complexity index is 1450. The second kappa shape index (κ2) is 48.3. The van der Waals surface area contributed by atoms with E-state index in [1.54, 1.807) is 91.9 Å². The van der Waals surface area contributed by atoms with Gasteiger partial charge >= 0.3 is 61.4 Å². The molecule has 21 nitrogen and oxygen atoms in total. The summed E-state index contributed by atoms with van der Waals surface area (Å²) in [5.74, 6) is -0.464. The normalized spacial score (nSPS) is 13.2. The first-order valence-electron chi connectivity index (χ1n) is 25.1. The molecule has 1 unspecified atom stereocenters. The minimum atomic E-state index is -2.61. The average Bonchev–Trinajstić information content (AvgIpc) is 4.25. The lowest BCUT2D eigenvalue weighted by atomic mass is 10.4. The van der Waals surface area contributed by atoms with Crippen molar-refractivity contribution >= 4 is 73.0 Å². The summed E-state index contributed by atoms with van der Waals surface area (Å²) in [5.41, 5.74) is 1.23. The van der Waals surface area contributed by atoms with Crippen molar-refractivity contribution in [3.63, 3.8) is 0 Å².